The van der Waals surface area contributed by atoms with Gasteiger partial charge in [-0.2, -0.15) is 0 Å². The number of aliphatic hydroxyl groups excluding tert-OH is 1. The SMILES string of the molecule is CC(O)CN(CCNCC1CCCO1)C(=O)OC(C)(C)C. The molecule has 1 heterocycles. The zero-order valence-corrected chi connectivity index (χ0v) is 13.7. The minimum atomic E-state index is -0.573. The van der Waals surface area contributed by atoms with Gasteiger partial charge in [-0.15, -0.1) is 0 Å². The van der Waals surface area contributed by atoms with Crippen molar-refractivity contribution in [3.05, 3.63) is 0 Å². The van der Waals surface area contributed by atoms with E-state index in [1.807, 2.05) is 20.8 Å². The predicted octanol–water partition coefficient (Wildman–Crippen LogP) is 1.37. The second-order valence-corrected chi connectivity index (χ2v) is 6.61. The van der Waals surface area contributed by atoms with E-state index < -0.39 is 11.7 Å². The highest BCUT2D eigenvalue weighted by atomic mass is 16.6. The Morgan fingerprint density at radius 3 is 2.76 bits per heavy atom. The van der Waals surface area contributed by atoms with E-state index in [1.54, 1.807) is 11.8 Å². The van der Waals surface area contributed by atoms with Gasteiger partial charge in [0.1, 0.15) is 5.60 Å². The Morgan fingerprint density at radius 2 is 2.24 bits per heavy atom. The first kappa shape index (κ1) is 18.2. The smallest absolute Gasteiger partial charge is 0.410 e. The number of amides is 1. The molecule has 1 amide bonds. The number of carbonyl (C=O) groups excluding carboxylic acids is 1. The molecule has 6 heteroatoms. The highest BCUT2D eigenvalue weighted by Gasteiger charge is 2.23. The minimum Gasteiger partial charge on any atom is -0.444 e. The van der Waals surface area contributed by atoms with Crippen molar-refractivity contribution in [3.8, 4) is 0 Å². The van der Waals surface area contributed by atoms with Crippen molar-refractivity contribution >= 4 is 6.09 Å². The average Bonchev–Trinajstić information content (AvgIpc) is 2.83. The monoisotopic (exact) mass is 302 g/mol. The Bertz CT molecular complexity index is 309. The molecule has 21 heavy (non-hydrogen) atoms. The summed E-state index contributed by atoms with van der Waals surface area (Å²) in [6.45, 7) is 10.3. The number of carbonyl (C=O) groups is 1. The van der Waals surface area contributed by atoms with E-state index in [0.717, 1.165) is 26.0 Å². The number of hydrogen-bond donors (Lipinski definition) is 2. The zero-order valence-electron chi connectivity index (χ0n) is 13.7. The van der Waals surface area contributed by atoms with E-state index in [1.165, 1.54) is 0 Å². The zero-order chi connectivity index (χ0) is 15.9. The van der Waals surface area contributed by atoms with E-state index in [0.29, 0.717) is 13.1 Å². The van der Waals surface area contributed by atoms with Crippen LogP contribution in [0.4, 0.5) is 4.79 Å². The summed E-state index contributed by atoms with van der Waals surface area (Å²) in [6, 6.07) is 0. The summed E-state index contributed by atoms with van der Waals surface area (Å²) in [4.78, 5) is 13.6. The van der Waals surface area contributed by atoms with Crippen molar-refractivity contribution in [2.75, 3.05) is 32.8 Å². The van der Waals surface area contributed by atoms with Crippen molar-refractivity contribution in [1.29, 1.82) is 0 Å². The van der Waals surface area contributed by atoms with Gasteiger partial charge in [0.05, 0.1) is 12.2 Å². The lowest BCUT2D eigenvalue weighted by Crippen LogP contribution is -2.44. The van der Waals surface area contributed by atoms with Gasteiger partial charge in [0.2, 0.25) is 0 Å². The van der Waals surface area contributed by atoms with E-state index >= 15 is 0 Å². The summed E-state index contributed by atoms with van der Waals surface area (Å²) in [6.07, 6.45) is 1.55. The molecule has 1 aliphatic rings. The fourth-order valence-electron chi connectivity index (χ4n) is 2.18. The van der Waals surface area contributed by atoms with Crippen LogP contribution in [0.1, 0.15) is 40.5 Å². The number of aliphatic hydroxyl groups is 1. The lowest BCUT2D eigenvalue weighted by Gasteiger charge is -2.28. The van der Waals surface area contributed by atoms with Crippen molar-refractivity contribution in [2.45, 2.75) is 58.3 Å². The third-order valence-corrected chi connectivity index (χ3v) is 3.09. The van der Waals surface area contributed by atoms with Crippen LogP contribution in [-0.4, -0.2) is 66.7 Å². The molecule has 1 rings (SSSR count). The molecule has 0 bridgehead atoms. The first-order valence-electron chi connectivity index (χ1n) is 7.76. The van der Waals surface area contributed by atoms with Gasteiger partial charge < -0.3 is 24.8 Å². The number of hydrogen-bond acceptors (Lipinski definition) is 5. The van der Waals surface area contributed by atoms with Crippen LogP contribution in [0.5, 0.6) is 0 Å². The number of nitrogens with zero attached hydrogens (tertiary/aromatic N) is 1. The normalized spacial score (nSPS) is 20.3. The Morgan fingerprint density at radius 1 is 1.52 bits per heavy atom. The maximum atomic E-state index is 12.1. The van der Waals surface area contributed by atoms with Gasteiger partial charge in [0.15, 0.2) is 0 Å². The van der Waals surface area contributed by atoms with Gasteiger partial charge in [-0.05, 0) is 40.5 Å². The molecule has 0 aromatic heterocycles. The van der Waals surface area contributed by atoms with Crippen molar-refractivity contribution in [2.24, 2.45) is 0 Å². The maximum Gasteiger partial charge on any atom is 0.410 e. The molecule has 1 aliphatic heterocycles. The van der Waals surface area contributed by atoms with Gasteiger partial charge in [-0.3, -0.25) is 0 Å². The van der Waals surface area contributed by atoms with Crippen molar-refractivity contribution in [1.82, 2.24) is 10.2 Å². The third kappa shape index (κ3) is 8.24. The molecule has 2 unspecified atom stereocenters. The molecule has 1 saturated heterocycles. The predicted molar refractivity (Wildman–Crippen MR) is 81.3 cm³/mol. The molecular weight excluding hydrogens is 272 g/mol. The van der Waals surface area contributed by atoms with E-state index in [-0.39, 0.29) is 18.7 Å². The van der Waals surface area contributed by atoms with E-state index in [9.17, 15) is 9.90 Å². The first-order valence-corrected chi connectivity index (χ1v) is 7.76. The molecule has 0 aromatic rings. The molecule has 2 N–H and O–H groups in total. The molecule has 0 aliphatic carbocycles. The summed E-state index contributed by atoms with van der Waals surface area (Å²) in [7, 11) is 0. The van der Waals surface area contributed by atoms with Crippen LogP contribution in [0.2, 0.25) is 0 Å². The molecule has 0 spiro atoms. The van der Waals surface area contributed by atoms with Crippen LogP contribution in [0.25, 0.3) is 0 Å². The summed E-state index contributed by atoms with van der Waals surface area (Å²) < 4.78 is 10.9. The molecule has 0 radical (unpaired) electrons. The average molecular weight is 302 g/mol. The largest absolute Gasteiger partial charge is 0.444 e. The van der Waals surface area contributed by atoms with Gasteiger partial charge in [-0.25, -0.2) is 4.79 Å². The lowest BCUT2D eigenvalue weighted by molar-refractivity contribution is 0.0162. The standard InChI is InChI=1S/C15H30N2O4/c1-12(18)11-17(14(19)21-15(2,3)4)8-7-16-10-13-6-5-9-20-13/h12-13,16,18H,5-11H2,1-4H3. The minimum absolute atomic E-state index is 0.274. The van der Waals surface area contributed by atoms with Gasteiger partial charge in [-0.1, -0.05) is 0 Å². The Balaban J connectivity index is 2.32. The molecule has 124 valence electrons. The number of ether oxygens (including phenoxy) is 2. The summed E-state index contributed by atoms with van der Waals surface area (Å²) in [5, 5.41) is 12.8. The second kappa shape index (κ2) is 8.56. The molecule has 2 atom stereocenters. The van der Waals surface area contributed by atoms with Crippen LogP contribution in [0.3, 0.4) is 0 Å². The fraction of sp³-hybridized carbons (Fsp3) is 0.933. The van der Waals surface area contributed by atoms with Crippen LogP contribution in [0.15, 0.2) is 0 Å². The third-order valence-electron chi connectivity index (χ3n) is 3.09. The number of rotatable bonds is 7. The fourth-order valence-corrected chi connectivity index (χ4v) is 2.18. The first-order chi connectivity index (χ1) is 9.78. The van der Waals surface area contributed by atoms with Gasteiger partial charge >= 0.3 is 6.09 Å². The summed E-state index contributed by atoms with van der Waals surface area (Å²) in [5.74, 6) is 0. The Hall–Kier alpha value is -0.850. The molecular formula is C15H30N2O4. The van der Waals surface area contributed by atoms with E-state index in [4.69, 9.17) is 9.47 Å². The van der Waals surface area contributed by atoms with Gasteiger partial charge in [0.25, 0.3) is 0 Å². The molecule has 0 aromatic carbocycles. The summed E-state index contributed by atoms with van der Waals surface area (Å²) >= 11 is 0. The second-order valence-electron chi connectivity index (χ2n) is 6.61. The van der Waals surface area contributed by atoms with Crippen LogP contribution >= 0.6 is 0 Å². The van der Waals surface area contributed by atoms with Crippen LogP contribution in [-0.2, 0) is 9.47 Å². The number of nitrogens with one attached hydrogen (secondary N) is 1. The van der Waals surface area contributed by atoms with E-state index in [2.05, 4.69) is 5.32 Å². The lowest BCUT2D eigenvalue weighted by atomic mass is 10.2. The molecule has 6 nitrogen and oxygen atoms in total. The highest BCUT2D eigenvalue weighted by molar-refractivity contribution is 5.68. The van der Waals surface area contributed by atoms with Crippen LogP contribution in [0, 0.1) is 0 Å². The quantitative estimate of drug-likeness (QED) is 0.695. The summed E-state index contributed by atoms with van der Waals surface area (Å²) in [5.41, 5.74) is -0.529. The Labute approximate surface area is 127 Å². The topological polar surface area (TPSA) is 71.0 Å². The Kier molecular flexibility index (Phi) is 7.42. The molecule has 0 saturated carbocycles. The molecule has 1 fully saturated rings. The van der Waals surface area contributed by atoms with Crippen molar-refractivity contribution in [3.63, 3.8) is 0 Å². The highest BCUT2D eigenvalue weighted by Crippen LogP contribution is 2.11. The maximum absolute atomic E-state index is 12.1. The van der Waals surface area contributed by atoms with Gasteiger partial charge in [0, 0.05) is 32.8 Å². The van der Waals surface area contributed by atoms with Crippen molar-refractivity contribution < 1.29 is 19.4 Å². The van der Waals surface area contributed by atoms with Crippen LogP contribution < -0.4 is 5.32 Å².